The van der Waals surface area contributed by atoms with Crippen LogP contribution in [0.5, 0.6) is 11.5 Å². The molecule has 0 aliphatic rings. The Morgan fingerprint density at radius 2 is 1.73 bits per heavy atom. The molecule has 0 atom stereocenters. The molecule has 0 unspecified atom stereocenters. The van der Waals surface area contributed by atoms with Crippen LogP contribution in [-0.2, 0) is 12.8 Å². The van der Waals surface area contributed by atoms with Crippen molar-refractivity contribution in [3.8, 4) is 28.6 Å². The molecule has 2 N–H and O–H groups in total. The molecule has 33 heavy (non-hydrogen) atoms. The Bertz CT molecular complexity index is 1270. The first-order valence-corrected chi connectivity index (χ1v) is 11.7. The van der Waals surface area contributed by atoms with Gasteiger partial charge in [-0.3, -0.25) is 14.3 Å². The fraction of sp³-hybridized carbons (Fsp3) is 0.200. The first kappa shape index (κ1) is 22.5. The largest absolute Gasteiger partial charge is 0.504 e. The number of ketones is 1. The van der Waals surface area contributed by atoms with E-state index >= 15 is 0 Å². The number of benzene rings is 2. The lowest BCUT2D eigenvalue weighted by Crippen LogP contribution is -2.09. The van der Waals surface area contributed by atoms with Crippen LogP contribution in [0.3, 0.4) is 0 Å². The average molecular weight is 461 g/mol. The molecule has 0 saturated carbocycles. The van der Waals surface area contributed by atoms with E-state index in [0.717, 1.165) is 35.2 Å². The van der Waals surface area contributed by atoms with Gasteiger partial charge < -0.3 is 10.2 Å². The van der Waals surface area contributed by atoms with Crippen molar-refractivity contribution in [2.45, 2.75) is 31.8 Å². The fourth-order valence-electron chi connectivity index (χ4n) is 3.66. The molecule has 0 radical (unpaired) electrons. The quantitative estimate of drug-likeness (QED) is 0.220. The molecular weight excluding hydrogens is 436 g/mol. The molecule has 0 aliphatic heterocycles. The molecular formula is C25H24N4O3S. The summed E-state index contributed by atoms with van der Waals surface area (Å²) in [5, 5.41) is 28.7. The summed E-state index contributed by atoms with van der Waals surface area (Å²) in [5.41, 5.74) is 4.51. The third kappa shape index (κ3) is 4.61. The summed E-state index contributed by atoms with van der Waals surface area (Å²) < 4.78 is 2.01. The van der Waals surface area contributed by atoms with Crippen LogP contribution < -0.4 is 0 Å². The van der Waals surface area contributed by atoms with Gasteiger partial charge >= 0.3 is 0 Å². The van der Waals surface area contributed by atoms with E-state index in [0.29, 0.717) is 16.5 Å². The first-order chi connectivity index (χ1) is 16.0. The third-order valence-electron chi connectivity index (χ3n) is 5.37. The number of aromatic nitrogens is 4. The number of hydrogen-bond donors (Lipinski definition) is 2. The Morgan fingerprint density at radius 3 is 2.36 bits per heavy atom. The van der Waals surface area contributed by atoms with Crippen molar-refractivity contribution in [2.24, 2.45) is 0 Å². The summed E-state index contributed by atoms with van der Waals surface area (Å²) in [5.74, 6) is -0.00521. The minimum absolute atomic E-state index is 0.102. The standard InChI is InChI=1S/C25H24N4O3S/c1-3-16-7-5-8-17(4-2)23(16)29-24(19-9-6-12-26-14-19)27-28-25(29)33-15-22(32)18-10-11-20(30)21(31)13-18/h5-14,30-31H,3-4,15H2,1-2H3. The number of aromatic hydroxyl groups is 2. The Labute approximate surface area is 196 Å². The molecule has 0 saturated heterocycles. The minimum Gasteiger partial charge on any atom is -0.504 e. The molecule has 0 fully saturated rings. The number of phenolic OH excluding ortho intramolecular Hbond substituents is 2. The van der Waals surface area contributed by atoms with Gasteiger partial charge in [-0.05, 0) is 54.3 Å². The molecule has 4 aromatic rings. The number of para-hydroxylation sites is 1. The van der Waals surface area contributed by atoms with Crippen LogP contribution in [0.1, 0.15) is 35.3 Å². The van der Waals surface area contributed by atoms with Gasteiger partial charge in [0.2, 0.25) is 0 Å². The summed E-state index contributed by atoms with van der Waals surface area (Å²) in [6, 6.07) is 14.1. The number of hydrogen-bond acceptors (Lipinski definition) is 7. The highest BCUT2D eigenvalue weighted by atomic mass is 32.2. The normalized spacial score (nSPS) is 11.0. The molecule has 0 amide bonds. The smallest absolute Gasteiger partial charge is 0.196 e. The molecule has 2 aromatic carbocycles. The zero-order valence-corrected chi connectivity index (χ0v) is 19.2. The molecule has 4 rings (SSSR count). The number of carbonyl (C=O) groups is 1. The summed E-state index contributed by atoms with van der Waals surface area (Å²) in [4.78, 5) is 17.0. The van der Waals surface area contributed by atoms with Crippen LogP contribution in [0.15, 0.2) is 66.1 Å². The second-order valence-corrected chi connectivity index (χ2v) is 8.37. The number of nitrogens with zero attached hydrogens (tertiary/aromatic N) is 4. The van der Waals surface area contributed by atoms with Crippen LogP contribution in [-0.4, -0.2) is 41.5 Å². The van der Waals surface area contributed by atoms with Crippen LogP contribution in [0.4, 0.5) is 0 Å². The van der Waals surface area contributed by atoms with Crippen molar-refractivity contribution < 1.29 is 15.0 Å². The second-order valence-electron chi connectivity index (χ2n) is 7.43. The van der Waals surface area contributed by atoms with E-state index in [9.17, 15) is 15.0 Å². The van der Waals surface area contributed by atoms with E-state index in [-0.39, 0.29) is 23.0 Å². The number of pyridine rings is 1. The number of carbonyl (C=O) groups excluding carboxylic acids is 1. The topological polar surface area (TPSA) is 101 Å². The van der Waals surface area contributed by atoms with Gasteiger partial charge in [-0.15, -0.1) is 10.2 Å². The van der Waals surface area contributed by atoms with E-state index in [1.54, 1.807) is 12.4 Å². The van der Waals surface area contributed by atoms with Gasteiger partial charge in [0, 0.05) is 23.5 Å². The van der Waals surface area contributed by atoms with Crippen molar-refractivity contribution in [1.29, 1.82) is 0 Å². The lowest BCUT2D eigenvalue weighted by atomic mass is 10.0. The van der Waals surface area contributed by atoms with Crippen LogP contribution in [0.2, 0.25) is 0 Å². The lowest BCUT2D eigenvalue weighted by molar-refractivity contribution is 0.102. The highest BCUT2D eigenvalue weighted by molar-refractivity contribution is 7.99. The Morgan fingerprint density at radius 1 is 0.970 bits per heavy atom. The van der Waals surface area contributed by atoms with E-state index < -0.39 is 0 Å². The Balaban J connectivity index is 1.76. The Kier molecular flexibility index (Phi) is 6.74. The number of thioether (sulfide) groups is 1. The molecule has 8 heteroatoms. The SMILES string of the molecule is CCc1cccc(CC)c1-n1c(SCC(=O)c2ccc(O)c(O)c2)nnc1-c1cccnc1. The predicted octanol–water partition coefficient (Wildman–Crippen LogP) is 4.84. The maximum atomic E-state index is 12.8. The lowest BCUT2D eigenvalue weighted by Gasteiger charge is -2.17. The zero-order valence-electron chi connectivity index (χ0n) is 18.4. The first-order valence-electron chi connectivity index (χ1n) is 10.7. The molecule has 0 aliphatic carbocycles. The summed E-state index contributed by atoms with van der Waals surface area (Å²) >= 11 is 1.28. The Hall–Kier alpha value is -3.65. The van der Waals surface area contributed by atoms with Crippen LogP contribution >= 0.6 is 11.8 Å². The van der Waals surface area contributed by atoms with E-state index in [1.807, 2.05) is 16.7 Å². The molecule has 0 bridgehead atoms. The van der Waals surface area contributed by atoms with E-state index in [2.05, 4.69) is 47.2 Å². The van der Waals surface area contributed by atoms with Gasteiger partial charge in [-0.1, -0.05) is 43.8 Å². The highest BCUT2D eigenvalue weighted by Crippen LogP contribution is 2.33. The molecule has 7 nitrogen and oxygen atoms in total. The minimum atomic E-state index is -0.322. The van der Waals surface area contributed by atoms with Crippen LogP contribution in [0, 0.1) is 0 Å². The monoisotopic (exact) mass is 460 g/mol. The van der Waals surface area contributed by atoms with Crippen molar-refractivity contribution >= 4 is 17.5 Å². The number of Topliss-reactive ketones (excluding diaryl/α,β-unsaturated/α-hetero) is 1. The third-order valence-corrected chi connectivity index (χ3v) is 6.30. The maximum Gasteiger partial charge on any atom is 0.196 e. The summed E-state index contributed by atoms with van der Waals surface area (Å²) in [6.07, 6.45) is 5.13. The van der Waals surface area contributed by atoms with Gasteiger partial charge in [0.25, 0.3) is 0 Å². The van der Waals surface area contributed by atoms with Gasteiger partial charge in [0.15, 0.2) is 28.3 Å². The number of phenols is 2. The zero-order chi connectivity index (χ0) is 23.4. The molecule has 2 aromatic heterocycles. The van der Waals surface area contributed by atoms with Crippen LogP contribution in [0.25, 0.3) is 17.1 Å². The summed E-state index contributed by atoms with van der Waals surface area (Å²) in [6.45, 7) is 4.22. The molecule has 2 heterocycles. The summed E-state index contributed by atoms with van der Waals surface area (Å²) in [7, 11) is 0. The second kappa shape index (κ2) is 9.87. The fourth-order valence-corrected chi connectivity index (χ4v) is 4.49. The highest BCUT2D eigenvalue weighted by Gasteiger charge is 2.21. The van der Waals surface area contributed by atoms with E-state index in [4.69, 9.17) is 0 Å². The molecule has 168 valence electrons. The van der Waals surface area contributed by atoms with Crippen molar-refractivity contribution in [3.63, 3.8) is 0 Å². The predicted molar refractivity (Wildman–Crippen MR) is 128 cm³/mol. The van der Waals surface area contributed by atoms with Crippen molar-refractivity contribution in [1.82, 2.24) is 19.7 Å². The van der Waals surface area contributed by atoms with Gasteiger partial charge in [-0.2, -0.15) is 0 Å². The number of aryl methyl sites for hydroxylation is 2. The van der Waals surface area contributed by atoms with Gasteiger partial charge in [-0.25, -0.2) is 0 Å². The van der Waals surface area contributed by atoms with Crippen molar-refractivity contribution in [2.75, 3.05) is 5.75 Å². The maximum absolute atomic E-state index is 12.8. The average Bonchev–Trinajstić information content (AvgIpc) is 3.27. The van der Waals surface area contributed by atoms with Crippen molar-refractivity contribution in [3.05, 3.63) is 77.6 Å². The van der Waals surface area contributed by atoms with Gasteiger partial charge in [0.05, 0.1) is 11.4 Å². The van der Waals surface area contributed by atoms with E-state index in [1.165, 1.54) is 30.0 Å². The van der Waals surface area contributed by atoms with Gasteiger partial charge in [0.1, 0.15) is 0 Å². The number of rotatable bonds is 8. The molecule has 0 spiro atoms.